The van der Waals surface area contributed by atoms with E-state index in [2.05, 4.69) is 15.9 Å². The van der Waals surface area contributed by atoms with E-state index in [0.717, 1.165) is 13.0 Å². The summed E-state index contributed by atoms with van der Waals surface area (Å²) in [6, 6.07) is 2.31. The summed E-state index contributed by atoms with van der Waals surface area (Å²) in [4.78, 5) is -1.67. The molecule has 25 heavy (non-hydrogen) atoms. The van der Waals surface area contributed by atoms with Crippen LogP contribution in [0.15, 0.2) is 21.5 Å². The zero-order chi connectivity index (χ0) is 19.1. The fourth-order valence-corrected chi connectivity index (χ4v) is 3.78. The summed E-state index contributed by atoms with van der Waals surface area (Å²) in [5, 5.41) is 9.82. The van der Waals surface area contributed by atoms with Crippen molar-refractivity contribution in [2.75, 3.05) is 11.8 Å². The van der Waals surface area contributed by atoms with Crippen molar-refractivity contribution in [1.29, 1.82) is 0 Å². The Kier molecular flexibility index (Phi) is 5.19. The van der Waals surface area contributed by atoms with Crippen LogP contribution in [0.1, 0.15) is 5.56 Å². The zero-order valence-electron chi connectivity index (χ0n) is 12.6. The van der Waals surface area contributed by atoms with Crippen molar-refractivity contribution in [1.82, 2.24) is 0 Å². The van der Waals surface area contributed by atoms with Crippen LogP contribution in [0.2, 0.25) is 0 Å². The lowest BCUT2D eigenvalue weighted by atomic mass is 10.2. The number of rotatable bonds is 4. The summed E-state index contributed by atoms with van der Waals surface area (Å²) >= 11 is 2.90. The van der Waals surface area contributed by atoms with Crippen molar-refractivity contribution >= 4 is 31.6 Å². The standard InChI is InChI=1S/C14H10BrF4NO4S/c1-5-9(16)11(18)12(19)14(10(5)17)25(22,23)20-6-3-4-7(24-2)13(21)8(6)15/h3-4,20-21H,1-2H3. The van der Waals surface area contributed by atoms with Crippen molar-refractivity contribution in [2.24, 2.45) is 0 Å². The van der Waals surface area contributed by atoms with Crippen LogP contribution in [-0.2, 0) is 10.0 Å². The Morgan fingerprint density at radius 2 is 1.68 bits per heavy atom. The number of aromatic hydroxyl groups is 1. The van der Waals surface area contributed by atoms with Gasteiger partial charge in [-0.05, 0) is 35.0 Å². The number of phenols is 1. The molecule has 0 radical (unpaired) electrons. The first-order valence-corrected chi connectivity index (χ1v) is 8.71. The SMILES string of the molecule is COc1ccc(NS(=O)(=O)c2c(F)c(C)c(F)c(F)c2F)c(Br)c1O. The van der Waals surface area contributed by atoms with Crippen molar-refractivity contribution in [2.45, 2.75) is 11.8 Å². The Bertz CT molecular complexity index is 937. The van der Waals surface area contributed by atoms with Crippen LogP contribution in [0.4, 0.5) is 23.2 Å². The number of nitrogens with one attached hydrogen (secondary N) is 1. The summed E-state index contributed by atoms with van der Waals surface area (Å²) in [5.41, 5.74) is -1.30. The van der Waals surface area contributed by atoms with Gasteiger partial charge in [0.25, 0.3) is 10.0 Å². The number of benzene rings is 2. The Labute approximate surface area is 148 Å². The van der Waals surface area contributed by atoms with Crippen LogP contribution >= 0.6 is 15.9 Å². The number of ether oxygens (including phenoxy) is 1. The molecule has 0 atom stereocenters. The van der Waals surface area contributed by atoms with E-state index in [1.165, 1.54) is 13.2 Å². The molecule has 0 heterocycles. The zero-order valence-corrected chi connectivity index (χ0v) is 15.0. The molecule has 0 aliphatic heterocycles. The minimum absolute atomic E-state index is 0.00384. The van der Waals surface area contributed by atoms with E-state index >= 15 is 0 Å². The number of anilines is 1. The third kappa shape index (κ3) is 3.25. The highest BCUT2D eigenvalue weighted by Gasteiger charge is 2.32. The first kappa shape index (κ1) is 19.3. The Morgan fingerprint density at radius 1 is 1.08 bits per heavy atom. The summed E-state index contributed by atoms with van der Waals surface area (Å²) in [7, 11) is -3.73. The third-order valence-corrected chi connectivity index (χ3v) is 5.44. The van der Waals surface area contributed by atoms with Gasteiger partial charge < -0.3 is 9.84 Å². The lowest BCUT2D eigenvalue weighted by molar-refractivity contribution is 0.372. The van der Waals surface area contributed by atoms with Crippen LogP contribution in [0.5, 0.6) is 11.5 Å². The molecule has 2 aromatic carbocycles. The van der Waals surface area contributed by atoms with Crippen LogP contribution in [0.3, 0.4) is 0 Å². The van der Waals surface area contributed by atoms with Crippen molar-refractivity contribution in [3.63, 3.8) is 0 Å². The maximum atomic E-state index is 14.1. The first-order chi connectivity index (χ1) is 11.5. The van der Waals surface area contributed by atoms with Crippen molar-refractivity contribution in [3.8, 4) is 11.5 Å². The fourth-order valence-electron chi connectivity index (χ4n) is 1.95. The molecule has 2 aromatic rings. The van der Waals surface area contributed by atoms with Gasteiger partial charge in [0.15, 0.2) is 39.7 Å². The molecule has 0 spiro atoms. The van der Waals surface area contributed by atoms with Gasteiger partial charge in [0, 0.05) is 5.56 Å². The molecular formula is C14H10BrF4NO4S. The van der Waals surface area contributed by atoms with Crippen LogP contribution in [0.25, 0.3) is 0 Å². The number of halogens is 5. The molecule has 0 bridgehead atoms. The molecule has 5 nitrogen and oxygen atoms in total. The van der Waals surface area contributed by atoms with E-state index in [4.69, 9.17) is 4.74 Å². The predicted octanol–water partition coefficient (Wildman–Crippen LogP) is 3.83. The molecule has 0 saturated carbocycles. The average molecular weight is 444 g/mol. The van der Waals surface area contributed by atoms with Gasteiger partial charge in [0.05, 0.1) is 17.3 Å². The topological polar surface area (TPSA) is 75.6 Å². The Hall–Kier alpha value is -2.01. The lowest BCUT2D eigenvalue weighted by Gasteiger charge is -2.14. The second-order valence-electron chi connectivity index (χ2n) is 4.79. The average Bonchev–Trinajstić information content (AvgIpc) is 2.55. The predicted molar refractivity (Wildman–Crippen MR) is 84.2 cm³/mol. The monoisotopic (exact) mass is 443 g/mol. The highest BCUT2D eigenvalue weighted by atomic mass is 79.9. The molecule has 0 aromatic heterocycles. The highest BCUT2D eigenvalue weighted by Crippen LogP contribution is 2.40. The van der Waals surface area contributed by atoms with Crippen LogP contribution in [0, 0.1) is 30.2 Å². The minimum atomic E-state index is -4.98. The van der Waals surface area contributed by atoms with E-state index in [-0.39, 0.29) is 15.9 Å². The highest BCUT2D eigenvalue weighted by molar-refractivity contribution is 9.10. The minimum Gasteiger partial charge on any atom is -0.503 e. The van der Waals surface area contributed by atoms with Gasteiger partial charge >= 0.3 is 0 Å². The summed E-state index contributed by atoms with van der Waals surface area (Å²) in [6.07, 6.45) is 0. The first-order valence-electron chi connectivity index (χ1n) is 6.43. The summed E-state index contributed by atoms with van der Waals surface area (Å²) in [6.45, 7) is 0.765. The van der Waals surface area contributed by atoms with E-state index in [0.29, 0.717) is 0 Å². The second-order valence-corrected chi connectivity index (χ2v) is 7.21. The van der Waals surface area contributed by atoms with Crippen LogP contribution in [-0.4, -0.2) is 20.6 Å². The van der Waals surface area contributed by atoms with Gasteiger partial charge in [-0.2, -0.15) is 0 Å². The molecule has 11 heteroatoms. The normalized spacial score (nSPS) is 11.5. The molecule has 2 rings (SSSR count). The van der Waals surface area contributed by atoms with E-state index in [1.54, 1.807) is 4.72 Å². The quantitative estimate of drug-likeness (QED) is 0.427. The molecule has 0 saturated heterocycles. The van der Waals surface area contributed by atoms with Gasteiger partial charge in [0.1, 0.15) is 0 Å². The number of sulfonamides is 1. The molecule has 0 fully saturated rings. The van der Waals surface area contributed by atoms with E-state index < -0.39 is 49.5 Å². The lowest BCUT2D eigenvalue weighted by Crippen LogP contribution is -2.19. The maximum absolute atomic E-state index is 14.1. The van der Waals surface area contributed by atoms with Gasteiger partial charge in [-0.15, -0.1) is 0 Å². The van der Waals surface area contributed by atoms with Gasteiger partial charge in [-0.1, -0.05) is 0 Å². The van der Waals surface area contributed by atoms with Crippen LogP contribution < -0.4 is 9.46 Å². The molecule has 2 N–H and O–H groups in total. The molecule has 136 valence electrons. The summed E-state index contributed by atoms with van der Waals surface area (Å²) in [5.74, 6) is -8.38. The van der Waals surface area contributed by atoms with Crippen molar-refractivity contribution in [3.05, 3.63) is 45.4 Å². The Balaban J connectivity index is 2.61. The smallest absolute Gasteiger partial charge is 0.267 e. The largest absolute Gasteiger partial charge is 0.503 e. The molecule has 0 unspecified atom stereocenters. The molecule has 0 amide bonds. The molecular weight excluding hydrogens is 434 g/mol. The number of hydrogen-bond donors (Lipinski definition) is 2. The fraction of sp³-hybridized carbons (Fsp3) is 0.143. The van der Waals surface area contributed by atoms with E-state index in [1.807, 2.05) is 0 Å². The van der Waals surface area contributed by atoms with E-state index in [9.17, 15) is 31.1 Å². The number of hydrogen-bond acceptors (Lipinski definition) is 4. The number of phenolic OH excluding ortho intramolecular Hbond substituents is 1. The third-order valence-electron chi connectivity index (χ3n) is 3.25. The Morgan fingerprint density at radius 3 is 2.24 bits per heavy atom. The van der Waals surface area contributed by atoms with Gasteiger partial charge in [0.2, 0.25) is 0 Å². The van der Waals surface area contributed by atoms with Gasteiger partial charge in [-0.25, -0.2) is 26.0 Å². The molecule has 0 aliphatic rings. The van der Waals surface area contributed by atoms with Crippen molar-refractivity contribution < 1.29 is 35.8 Å². The second kappa shape index (κ2) is 6.71. The maximum Gasteiger partial charge on any atom is 0.267 e. The van der Waals surface area contributed by atoms with Gasteiger partial charge in [-0.3, -0.25) is 4.72 Å². The number of methoxy groups -OCH3 is 1. The summed E-state index contributed by atoms with van der Waals surface area (Å²) < 4.78 is 85.6. The molecule has 0 aliphatic carbocycles.